The summed E-state index contributed by atoms with van der Waals surface area (Å²) in [4.78, 5) is 32.5. The fourth-order valence-corrected chi connectivity index (χ4v) is 6.51. The van der Waals surface area contributed by atoms with E-state index in [4.69, 9.17) is 19.4 Å². The molecule has 0 bridgehead atoms. The van der Waals surface area contributed by atoms with Crippen LogP contribution in [0.1, 0.15) is 37.0 Å². The van der Waals surface area contributed by atoms with Gasteiger partial charge in [0.05, 0.1) is 19.6 Å². The average Bonchev–Trinajstić information content (AvgIpc) is 3.29. The van der Waals surface area contributed by atoms with Crippen LogP contribution in [0.15, 0.2) is 18.2 Å². The number of urea groups is 1. The van der Waals surface area contributed by atoms with Gasteiger partial charge in [0.1, 0.15) is 28.0 Å². The highest BCUT2D eigenvalue weighted by Gasteiger charge is 2.29. The molecule has 2 aliphatic rings. The van der Waals surface area contributed by atoms with Gasteiger partial charge in [-0.25, -0.2) is 14.8 Å². The number of anilines is 2. The van der Waals surface area contributed by atoms with Crippen LogP contribution in [-0.4, -0.2) is 79.3 Å². The van der Waals surface area contributed by atoms with E-state index in [1.165, 1.54) is 15.8 Å². The minimum atomic E-state index is -0.124. The summed E-state index contributed by atoms with van der Waals surface area (Å²) in [6.07, 6.45) is 1.90. The fourth-order valence-electron chi connectivity index (χ4n) is 5.23. The van der Waals surface area contributed by atoms with Crippen molar-refractivity contribution < 1.29 is 14.3 Å². The van der Waals surface area contributed by atoms with Crippen molar-refractivity contribution in [1.82, 2.24) is 19.8 Å². The normalized spacial score (nSPS) is 16.2. The Morgan fingerprint density at radius 2 is 1.76 bits per heavy atom. The topological polar surface area (TPSA) is 83.1 Å². The van der Waals surface area contributed by atoms with Crippen LogP contribution >= 0.6 is 11.3 Å². The zero-order valence-corrected chi connectivity index (χ0v) is 23.9. The number of aromatic nitrogens is 2. The number of thiophene rings is 1. The predicted octanol–water partition coefficient (Wildman–Crippen LogP) is 4.64. The Labute approximate surface area is 228 Å². The lowest BCUT2D eigenvalue weighted by atomic mass is 10.0. The standard InChI is InChI=1S/C28H38N6O3S/c1-6-32-8-7-22-23(17-32)38-27-25(22)26(30-24(31-27)13-18(2)3)33-9-11-34(12-10-33)28(35)29-19-14-20(36-4)16-21(15-19)37-5/h14-16,18H,6-13,17H2,1-5H3,(H,29,35). The Bertz CT molecular complexity index is 1280. The SMILES string of the molecule is CCN1CCc2c(sc3nc(CC(C)C)nc(N4CCN(C(=O)Nc5cc(OC)cc(OC)c5)CC4)c23)C1. The Morgan fingerprint density at radius 1 is 1.05 bits per heavy atom. The molecule has 2 aromatic heterocycles. The fraction of sp³-hybridized carbons (Fsp3) is 0.536. The molecule has 0 unspecified atom stereocenters. The molecule has 5 rings (SSSR count). The summed E-state index contributed by atoms with van der Waals surface area (Å²) in [5.41, 5.74) is 2.07. The van der Waals surface area contributed by atoms with Crippen LogP contribution in [0.4, 0.5) is 16.3 Å². The summed E-state index contributed by atoms with van der Waals surface area (Å²) in [5.74, 6) is 3.72. The second-order valence-electron chi connectivity index (χ2n) is 10.4. The van der Waals surface area contributed by atoms with Gasteiger partial charge >= 0.3 is 6.03 Å². The Balaban J connectivity index is 1.35. The molecule has 0 atom stereocenters. The third-order valence-electron chi connectivity index (χ3n) is 7.31. The first-order valence-corrected chi connectivity index (χ1v) is 14.3. The summed E-state index contributed by atoms with van der Waals surface area (Å²) < 4.78 is 10.7. The van der Waals surface area contributed by atoms with E-state index in [-0.39, 0.29) is 6.03 Å². The van der Waals surface area contributed by atoms with Crippen molar-refractivity contribution in [3.05, 3.63) is 34.5 Å². The van der Waals surface area contributed by atoms with Crippen LogP contribution < -0.4 is 19.7 Å². The number of amides is 2. The number of rotatable bonds is 7. The first kappa shape index (κ1) is 26.5. The molecule has 1 aromatic carbocycles. The molecular weight excluding hydrogens is 500 g/mol. The predicted molar refractivity (Wildman–Crippen MR) is 153 cm³/mol. The lowest BCUT2D eigenvalue weighted by molar-refractivity contribution is 0.208. The van der Waals surface area contributed by atoms with Crippen molar-refractivity contribution in [2.24, 2.45) is 5.92 Å². The van der Waals surface area contributed by atoms with E-state index in [9.17, 15) is 4.79 Å². The lowest BCUT2D eigenvalue weighted by Crippen LogP contribution is -2.50. The van der Waals surface area contributed by atoms with Gasteiger partial charge in [0.25, 0.3) is 0 Å². The number of carbonyl (C=O) groups excluding carboxylic acids is 1. The van der Waals surface area contributed by atoms with E-state index in [2.05, 4.69) is 35.9 Å². The maximum Gasteiger partial charge on any atom is 0.321 e. The summed E-state index contributed by atoms with van der Waals surface area (Å²) in [5, 5.41) is 4.23. The number of carbonyl (C=O) groups is 1. The molecule has 10 heteroatoms. The highest BCUT2D eigenvalue weighted by molar-refractivity contribution is 7.19. The molecule has 0 aliphatic carbocycles. The number of hydrogen-bond donors (Lipinski definition) is 1. The van der Waals surface area contributed by atoms with E-state index in [1.807, 2.05) is 16.2 Å². The van der Waals surface area contributed by atoms with Gasteiger partial charge in [-0.1, -0.05) is 20.8 Å². The molecule has 0 saturated carbocycles. The van der Waals surface area contributed by atoms with Crippen LogP contribution in [0.25, 0.3) is 10.2 Å². The average molecular weight is 539 g/mol. The molecule has 2 amide bonds. The van der Waals surface area contributed by atoms with Crippen molar-refractivity contribution in [1.29, 1.82) is 0 Å². The third kappa shape index (κ3) is 5.51. The van der Waals surface area contributed by atoms with Crippen LogP contribution in [0, 0.1) is 5.92 Å². The van der Waals surface area contributed by atoms with Crippen molar-refractivity contribution in [2.45, 2.75) is 40.2 Å². The van der Waals surface area contributed by atoms with E-state index >= 15 is 0 Å². The Kier molecular flexibility index (Phi) is 7.90. The second kappa shape index (κ2) is 11.3. The van der Waals surface area contributed by atoms with Crippen LogP contribution in [0.2, 0.25) is 0 Å². The number of nitrogens with zero attached hydrogens (tertiary/aromatic N) is 5. The third-order valence-corrected chi connectivity index (χ3v) is 8.42. The number of hydrogen-bond acceptors (Lipinski definition) is 8. The molecule has 0 spiro atoms. The van der Waals surface area contributed by atoms with Crippen LogP contribution in [0.5, 0.6) is 11.5 Å². The molecular formula is C28H38N6O3S. The number of ether oxygens (including phenoxy) is 2. The maximum absolute atomic E-state index is 13.1. The number of nitrogens with one attached hydrogen (secondary N) is 1. The quantitative estimate of drug-likeness (QED) is 0.469. The molecule has 1 saturated heterocycles. The Hall–Kier alpha value is -3.11. The molecule has 204 valence electrons. The molecule has 4 heterocycles. The van der Waals surface area contributed by atoms with E-state index in [0.29, 0.717) is 36.2 Å². The number of fused-ring (bicyclic) bond motifs is 3. The summed E-state index contributed by atoms with van der Waals surface area (Å²) in [7, 11) is 3.20. The molecule has 0 radical (unpaired) electrons. The van der Waals surface area contributed by atoms with Crippen molar-refractivity contribution in [3.63, 3.8) is 0 Å². The van der Waals surface area contributed by atoms with Crippen molar-refractivity contribution in [2.75, 3.05) is 63.7 Å². The number of methoxy groups -OCH3 is 2. The maximum atomic E-state index is 13.1. The zero-order chi connectivity index (χ0) is 26.8. The van der Waals surface area contributed by atoms with Gasteiger partial charge in [0.2, 0.25) is 0 Å². The minimum absolute atomic E-state index is 0.124. The minimum Gasteiger partial charge on any atom is -0.497 e. The summed E-state index contributed by atoms with van der Waals surface area (Å²) in [6.45, 7) is 12.5. The van der Waals surface area contributed by atoms with E-state index in [0.717, 1.165) is 62.0 Å². The van der Waals surface area contributed by atoms with Crippen molar-refractivity contribution in [3.8, 4) is 11.5 Å². The van der Waals surface area contributed by atoms with Gasteiger partial charge in [-0.2, -0.15) is 0 Å². The van der Waals surface area contributed by atoms with Gasteiger partial charge in [-0.05, 0) is 24.4 Å². The van der Waals surface area contributed by atoms with Gasteiger partial charge in [0, 0.05) is 74.5 Å². The Morgan fingerprint density at radius 3 is 2.39 bits per heavy atom. The van der Waals surface area contributed by atoms with E-state index in [1.54, 1.807) is 32.4 Å². The summed E-state index contributed by atoms with van der Waals surface area (Å²) in [6, 6.07) is 5.25. The number of benzene rings is 1. The zero-order valence-electron chi connectivity index (χ0n) is 23.0. The van der Waals surface area contributed by atoms with Gasteiger partial charge in [-0.15, -0.1) is 11.3 Å². The largest absolute Gasteiger partial charge is 0.497 e. The molecule has 9 nitrogen and oxygen atoms in total. The summed E-state index contributed by atoms with van der Waals surface area (Å²) >= 11 is 1.84. The highest BCUT2D eigenvalue weighted by Crippen LogP contribution is 2.39. The molecule has 3 aromatic rings. The molecule has 1 N–H and O–H groups in total. The number of likely N-dealkylation sites (N-methyl/N-ethyl adjacent to an activating group) is 1. The first-order valence-electron chi connectivity index (χ1n) is 13.5. The van der Waals surface area contributed by atoms with Crippen LogP contribution in [-0.2, 0) is 19.4 Å². The van der Waals surface area contributed by atoms with Gasteiger partial charge < -0.3 is 24.6 Å². The monoisotopic (exact) mass is 538 g/mol. The first-order chi connectivity index (χ1) is 18.4. The van der Waals surface area contributed by atoms with Gasteiger partial charge in [-0.3, -0.25) is 4.90 Å². The molecule has 1 fully saturated rings. The highest BCUT2D eigenvalue weighted by atomic mass is 32.1. The number of piperazine rings is 1. The second-order valence-corrected chi connectivity index (χ2v) is 11.5. The van der Waals surface area contributed by atoms with Crippen LogP contribution in [0.3, 0.4) is 0 Å². The smallest absolute Gasteiger partial charge is 0.321 e. The molecule has 2 aliphatic heterocycles. The van der Waals surface area contributed by atoms with Crippen molar-refractivity contribution >= 4 is 39.1 Å². The van der Waals surface area contributed by atoms with E-state index < -0.39 is 0 Å². The van der Waals surface area contributed by atoms with Gasteiger partial charge in [0.15, 0.2) is 0 Å². The lowest BCUT2D eigenvalue weighted by Gasteiger charge is -2.36. The molecule has 38 heavy (non-hydrogen) atoms.